The fraction of sp³-hybridized carbons (Fsp3) is 0.500. The number of nitrogens with zero attached hydrogens (tertiary/aromatic N) is 3. The van der Waals surface area contributed by atoms with Crippen LogP contribution in [0.4, 0.5) is 0 Å². The van der Waals surface area contributed by atoms with Gasteiger partial charge in [-0.1, -0.05) is 48.3 Å². The summed E-state index contributed by atoms with van der Waals surface area (Å²) in [6, 6.07) is 7.53. The van der Waals surface area contributed by atoms with E-state index in [0.29, 0.717) is 41.1 Å². The third kappa shape index (κ3) is 6.21. The highest BCUT2D eigenvalue weighted by atomic mass is 35.5. The van der Waals surface area contributed by atoms with Gasteiger partial charge >= 0.3 is 0 Å². The first kappa shape index (κ1) is 23.6. The van der Waals surface area contributed by atoms with Gasteiger partial charge in [-0.05, 0) is 37.8 Å². The minimum Gasteiger partial charge on any atom is -0.355 e. The Hall–Kier alpha value is -2.09. The van der Waals surface area contributed by atoms with Crippen molar-refractivity contribution in [1.29, 1.82) is 0 Å². The first-order valence-electron chi connectivity index (χ1n) is 10.6. The molecule has 31 heavy (non-hydrogen) atoms. The largest absolute Gasteiger partial charge is 0.355 e. The van der Waals surface area contributed by atoms with Crippen LogP contribution in [0.15, 0.2) is 24.3 Å². The van der Waals surface area contributed by atoms with Gasteiger partial charge in [-0.25, -0.2) is 4.68 Å². The molecule has 0 spiro atoms. The molecule has 0 atom stereocenters. The molecule has 1 aliphatic heterocycles. The lowest BCUT2D eigenvalue weighted by Gasteiger charge is -2.31. The second kappa shape index (κ2) is 11.0. The molecule has 9 heteroatoms. The summed E-state index contributed by atoms with van der Waals surface area (Å²) >= 11 is 12.8. The summed E-state index contributed by atoms with van der Waals surface area (Å²) in [6.45, 7) is 6.84. The number of rotatable bonds is 8. The normalized spacial score (nSPS) is 15.1. The third-order valence-electron chi connectivity index (χ3n) is 5.43. The van der Waals surface area contributed by atoms with Crippen LogP contribution in [0.25, 0.3) is 0 Å². The quantitative estimate of drug-likeness (QED) is 0.626. The molecule has 1 fully saturated rings. The zero-order valence-electron chi connectivity index (χ0n) is 18.0. The van der Waals surface area contributed by atoms with Crippen LogP contribution < -0.4 is 10.6 Å². The zero-order chi connectivity index (χ0) is 22.4. The molecule has 0 bridgehead atoms. The van der Waals surface area contributed by atoms with E-state index in [1.165, 1.54) is 0 Å². The topological polar surface area (TPSA) is 79.3 Å². The van der Waals surface area contributed by atoms with Crippen LogP contribution in [0, 0.1) is 6.92 Å². The maximum absolute atomic E-state index is 12.9. The van der Waals surface area contributed by atoms with Gasteiger partial charge < -0.3 is 10.6 Å². The fourth-order valence-corrected chi connectivity index (χ4v) is 4.24. The molecule has 7 nitrogen and oxygen atoms in total. The highest BCUT2D eigenvalue weighted by Gasteiger charge is 2.26. The number of halogens is 2. The van der Waals surface area contributed by atoms with Gasteiger partial charge in [0, 0.05) is 30.7 Å². The number of aryl methyl sites for hydroxylation is 1. The Bertz CT molecular complexity index is 923. The number of aromatic nitrogens is 2. The van der Waals surface area contributed by atoms with Gasteiger partial charge in [-0.15, -0.1) is 0 Å². The van der Waals surface area contributed by atoms with Gasteiger partial charge in [-0.3, -0.25) is 14.5 Å². The summed E-state index contributed by atoms with van der Waals surface area (Å²) in [5, 5.41) is 11.4. The minimum absolute atomic E-state index is 0.0461. The predicted octanol–water partition coefficient (Wildman–Crippen LogP) is 3.27. The van der Waals surface area contributed by atoms with Crippen molar-refractivity contribution in [3.05, 3.63) is 51.3 Å². The monoisotopic (exact) mass is 465 g/mol. The molecule has 2 aromatic rings. The predicted molar refractivity (Wildman–Crippen MR) is 123 cm³/mol. The first-order chi connectivity index (χ1) is 14.9. The standard InChI is InChI=1S/C22H29Cl2N5O2/c1-3-10-25-19(30)14-28-11-8-17(9-12-28)26-22(31)20-15(2)27-29(21(20)24)13-16-6-4-5-7-18(16)23/h4-7,17H,3,8-14H2,1-2H3,(H,25,30)(H,26,31). The van der Waals surface area contributed by atoms with Crippen molar-refractivity contribution in [2.75, 3.05) is 26.2 Å². The Morgan fingerprint density at radius 1 is 1.19 bits per heavy atom. The SMILES string of the molecule is CCCNC(=O)CN1CCC(NC(=O)c2c(C)nn(Cc3ccccc3Cl)c2Cl)CC1. The summed E-state index contributed by atoms with van der Waals surface area (Å²) in [5.41, 5.74) is 1.87. The van der Waals surface area contributed by atoms with Gasteiger partial charge in [0.25, 0.3) is 5.91 Å². The highest BCUT2D eigenvalue weighted by Crippen LogP contribution is 2.24. The number of carbonyl (C=O) groups is 2. The van der Waals surface area contributed by atoms with Crippen molar-refractivity contribution in [3.8, 4) is 0 Å². The van der Waals surface area contributed by atoms with Crippen LogP contribution in [0.1, 0.15) is 47.8 Å². The van der Waals surface area contributed by atoms with Gasteiger partial charge in [0.15, 0.2) is 0 Å². The number of hydrogen-bond donors (Lipinski definition) is 2. The van der Waals surface area contributed by atoms with E-state index in [0.717, 1.165) is 37.9 Å². The fourth-order valence-electron chi connectivity index (χ4n) is 3.72. The lowest BCUT2D eigenvalue weighted by atomic mass is 10.0. The van der Waals surface area contributed by atoms with Crippen LogP contribution in [-0.2, 0) is 11.3 Å². The molecule has 0 aliphatic carbocycles. The second-order valence-electron chi connectivity index (χ2n) is 7.87. The zero-order valence-corrected chi connectivity index (χ0v) is 19.5. The van der Waals surface area contributed by atoms with Crippen LogP contribution in [0.2, 0.25) is 10.2 Å². The van der Waals surface area contributed by atoms with Crippen LogP contribution in [-0.4, -0.2) is 58.7 Å². The maximum atomic E-state index is 12.9. The first-order valence-corrected chi connectivity index (χ1v) is 11.4. The van der Waals surface area contributed by atoms with Gasteiger partial charge in [0.2, 0.25) is 5.91 Å². The van der Waals surface area contributed by atoms with Crippen LogP contribution in [0.3, 0.4) is 0 Å². The smallest absolute Gasteiger partial charge is 0.256 e. The molecule has 0 radical (unpaired) electrons. The summed E-state index contributed by atoms with van der Waals surface area (Å²) < 4.78 is 1.60. The highest BCUT2D eigenvalue weighted by molar-refractivity contribution is 6.33. The van der Waals surface area contributed by atoms with Gasteiger partial charge in [0.1, 0.15) is 5.15 Å². The molecule has 1 aliphatic rings. The minimum atomic E-state index is -0.216. The van der Waals surface area contributed by atoms with E-state index in [4.69, 9.17) is 23.2 Å². The Morgan fingerprint density at radius 3 is 2.58 bits per heavy atom. The number of benzene rings is 1. The molecule has 1 aromatic carbocycles. The Labute approximate surface area is 193 Å². The van der Waals surface area contributed by atoms with E-state index in [-0.39, 0.29) is 17.9 Å². The van der Waals surface area contributed by atoms with Crippen molar-refractivity contribution < 1.29 is 9.59 Å². The van der Waals surface area contributed by atoms with E-state index in [2.05, 4.69) is 20.6 Å². The molecule has 168 valence electrons. The van der Waals surface area contributed by atoms with Crippen molar-refractivity contribution >= 4 is 35.0 Å². The molecule has 0 saturated carbocycles. The molecule has 2 N–H and O–H groups in total. The van der Waals surface area contributed by atoms with E-state index in [1.807, 2.05) is 31.2 Å². The van der Waals surface area contributed by atoms with E-state index < -0.39 is 0 Å². The molecular weight excluding hydrogens is 437 g/mol. The summed E-state index contributed by atoms with van der Waals surface area (Å²) in [4.78, 5) is 26.9. The number of nitrogens with one attached hydrogen (secondary N) is 2. The Balaban J connectivity index is 1.56. The van der Waals surface area contributed by atoms with Gasteiger partial charge in [-0.2, -0.15) is 5.10 Å². The molecule has 2 amide bonds. The lowest BCUT2D eigenvalue weighted by molar-refractivity contribution is -0.122. The molecule has 1 aromatic heterocycles. The molecular formula is C22H29Cl2N5O2. The van der Waals surface area contributed by atoms with Crippen LogP contribution in [0.5, 0.6) is 0 Å². The number of hydrogen-bond acceptors (Lipinski definition) is 4. The van der Waals surface area contributed by atoms with Crippen molar-refractivity contribution in [3.63, 3.8) is 0 Å². The Morgan fingerprint density at radius 2 is 1.90 bits per heavy atom. The molecule has 1 saturated heterocycles. The average Bonchev–Trinajstić information content (AvgIpc) is 3.02. The molecule has 3 rings (SSSR count). The second-order valence-corrected chi connectivity index (χ2v) is 8.64. The third-order valence-corrected chi connectivity index (χ3v) is 6.19. The summed E-state index contributed by atoms with van der Waals surface area (Å²) in [5.74, 6) is -0.162. The van der Waals surface area contributed by atoms with Crippen molar-refractivity contribution in [1.82, 2.24) is 25.3 Å². The average molecular weight is 466 g/mol. The Kier molecular flexibility index (Phi) is 8.35. The van der Waals surface area contributed by atoms with Crippen molar-refractivity contribution in [2.45, 2.75) is 45.7 Å². The lowest BCUT2D eigenvalue weighted by Crippen LogP contribution is -2.47. The molecule has 2 heterocycles. The summed E-state index contributed by atoms with van der Waals surface area (Å²) in [6.07, 6.45) is 2.51. The van der Waals surface area contributed by atoms with E-state index in [1.54, 1.807) is 11.6 Å². The number of piperidine rings is 1. The number of likely N-dealkylation sites (tertiary alicyclic amines) is 1. The van der Waals surface area contributed by atoms with E-state index in [9.17, 15) is 9.59 Å². The number of carbonyl (C=O) groups excluding carboxylic acids is 2. The number of amides is 2. The van der Waals surface area contributed by atoms with Crippen molar-refractivity contribution in [2.24, 2.45) is 0 Å². The summed E-state index contributed by atoms with van der Waals surface area (Å²) in [7, 11) is 0. The molecule has 0 unspecified atom stereocenters. The maximum Gasteiger partial charge on any atom is 0.256 e. The van der Waals surface area contributed by atoms with Crippen LogP contribution >= 0.6 is 23.2 Å². The van der Waals surface area contributed by atoms with Gasteiger partial charge in [0.05, 0.1) is 24.3 Å². The van der Waals surface area contributed by atoms with E-state index >= 15 is 0 Å².